The SMILES string of the molecule is C=C1CCC(CCc2cc(C3CCN(CC4=CC=C(CCC)CC4)CC3)ccc2C(=C)C)C(=C)N1. The highest BCUT2D eigenvalue weighted by molar-refractivity contribution is 5.65. The summed E-state index contributed by atoms with van der Waals surface area (Å²) in [6, 6.07) is 7.22. The van der Waals surface area contributed by atoms with Crippen LogP contribution >= 0.6 is 0 Å². The van der Waals surface area contributed by atoms with Crippen LogP contribution in [0.3, 0.4) is 0 Å². The van der Waals surface area contributed by atoms with E-state index in [-0.39, 0.29) is 0 Å². The van der Waals surface area contributed by atoms with Gasteiger partial charge in [-0.1, -0.05) is 80.2 Å². The molecule has 0 amide bonds. The molecule has 1 atom stereocenters. The first-order valence-electron chi connectivity index (χ1n) is 13.9. The number of allylic oxidation sites excluding steroid dienone is 6. The number of hydrogen-bond acceptors (Lipinski definition) is 2. The molecule has 0 radical (unpaired) electrons. The number of benzene rings is 1. The van der Waals surface area contributed by atoms with E-state index in [1.54, 1.807) is 11.1 Å². The van der Waals surface area contributed by atoms with Gasteiger partial charge in [-0.25, -0.2) is 0 Å². The Kier molecular flexibility index (Phi) is 8.89. The van der Waals surface area contributed by atoms with Crippen molar-refractivity contribution in [2.75, 3.05) is 19.6 Å². The van der Waals surface area contributed by atoms with Crippen LogP contribution in [0, 0.1) is 5.92 Å². The van der Waals surface area contributed by atoms with Crippen LogP contribution in [-0.2, 0) is 6.42 Å². The number of piperidine rings is 2. The van der Waals surface area contributed by atoms with E-state index >= 15 is 0 Å². The summed E-state index contributed by atoms with van der Waals surface area (Å²) in [5.74, 6) is 1.21. The molecule has 2 heteroatoms. The predicted molar refractivity (Wildman–Crippen MR) is 152 cm³/mol. The molecule has 1 aliphatic carbocycles. The highest BCUT2D eigenvalue weighted by atomic mass is 15.1. The van der Waals surface area contributed by atoms with E-state index < -0.39 is 0 Å². The highest BCUT2D eigenvalue weighted by Gasteiger charge is 2.23. The zero-order chi connectivity index (χ0) is 24.8. The van der Waals surface area contributed by atoms with Gasteiger partial charge in [-0.3, -0.25) is 4.90 Å². The summed E-state index contributed by atoms with van der Waals surface area (Å²) in [4.78, 5) is 2.68. The molecule has 0 aromatic heterocycles. The molecule has 1 unspecified atom stereocenters. The Labute approximate surface area is 214 Å². The molecule has 0 saturated carbocycles. The molecule has 1 aromatic carbocycles. The van der Waals surface area contributed by atoms with Crippen LogP contribution in [0.1, 0.15) is 94.2 Å². The molecule has 2 nitrogen and oxygen atoms in total. The van der Waals surface area contributed by atoms with Gasteiger partial charge in [0.15, 0.2) is 0 Å². The largest absolute Gasteiger partial charge is 0.363 e. The number of nitrogens with one attached hydrogen (secondary N) is 1. The standard InChI is InChI=1S/C33H46N2/c1-6-7-27-9-11-28(12-10-27)23-35-20-18-30(19-21-35)31-16-17-33(24(2)3)32(22-31)15-14-29-13-8-25(4)34-26(29)5/h9,11,16-17,22,29-30,34H,2,4-8,10,12-15,18-21,23H2,1,3H3. The molecule has 4 rings (SSSR count). The lowest BCUT2D eigenvalue weighted by atomic mass is 9.84. The van der Waals surface area contributed by atoms with Crippen molar-refractivity contribution in [3.8, 4) is 0 Å². The fraction of sp³-hybridized carbons (Fsp3) is 0.515. The maximum atomic E-state index is 4.27. The second-order valence-corrected chi connectivity index (χ2v) is 11.2. The van der Waals surface area contributed by atoms with Crippen molar-refractivity contribution in [3.05, 3.63) is 89.3 Å². The Morgan fingerprint density at radius 3 is 2.40 bits per heavy atom. The van der Waals surface area contributed by atoms with E-state index in [0.717, 1.165) is 43.6 Å². The summed E-state index contributed by atoms with van der Waals surface area (Å²) in [7, 11) is 0. The summed E-state index contributed by atoms with van der Waals surface area (Å²) in [5, 5.41) is 3.39. The third-order valence-electron chi connectivity index (χ3n) is 8.35. The van der Waals surface area contributed by atoms with Crippen molar-refractivity contribution in [2.45, 2.75) is 84.0 Å². The van der Waals surface area contributed by atoms with Gasteiger partial charge in [0, 0.05) is 17.9 Å². The normalized spacial score (nSPS) is 21.9. The van der Waals surface area contributed by atoms with Crippen LogP contribution in [0.4, 0.5) is 0 Å². The summed E-state index contributed by atoms with van der Waals surface area (Å²) < 4.78 is 0. The van der Waals surface area contributed by atoms with Gasteiger partial charge in [0.1, 0.15) is 0 Å². The van der Waals surface area contributed by atoms with Gasteiger partial charge in [-0.15, -0.1) is 0 Å². The van der Waals surface area contributed by atoms with Gasteiger partial charge in [-0.05, 0) is 106 Å². The first-order valence-corrected chi connectivity index (χ1v) is 13.9. The van der Waals surface area contributed by atoms with Gasteiger partial charge in [0.2, 0.25) is 0 Å². The average molecular weight is 471 g/mol. The van der Waals surface area contributed by atoms with E-state index in [2.05, 4.69) is 74.2 Å². The molecule has 2 fully saturated rings. The van der Waals surface area contributed by atoms with Gasteiger partial charge in [0.05, 0.1) is 0 Å². The Hall–Kier alpha value is -2.32. The molecule has 3 aliphatic rings. The van der Waals surface area contributed by atoms with Crippen LogP contribution in [0.2, 0.25) is 0 Å². The predicted octanol–water partition coefficient (Wildman–Crippen LogP) is 8.31. The maximum Gasteiger partial charge on any atom is 0.0196 e. The minimum Gasteiger partial charge on any atom is -0.363 e. The van der Waals surface area contributed by atoms with E-state index in [9.17, 15) is 0 Å². The number of hydrogen-bond donors (Lipinski definition) is 1. The van der Waals surface area contributed by atoms with Crippen LogP contribution in [0.15, 0.2) is 72.6 Å². The van der Waals surface area contributed by atoms with Crippen LogP contribution < -0.4 is 5.32 Å². The highest BCUT2D eigenvalue weighted by Crippen LogP contribution is 2.34. The fourth-order valence-corrected chi connectivity index (χ4v) is 6.15. The van der Waals surface area contributed by atoms with Crippen LogP contribution in [-0.4, -0.2) is 24.5 Å². The summed E-state index contributed by atoms with van der Waals surface area (Å²) >= 11 is 0. The molecule has 1 N–H and O–H groups in total. The molecule has 188 valence electrons. The third-order valence-corrected chi connectivity index (χ3v) is 8.35. The second kappa shape index (κ2) is 12.1. The van der Waals surface area contributed by atoms with Gasteiger partial charge < -0.3 is 5.32 Å². The first-order chi connectivity index (χ1) is 16.9. The Balaban J connectivity index is 1.35. The van der Waals surface area contributed by atoms with E-state index in [0.29, 0.717) is 11.8 Å². The van der Waals surface area contributed by atoms with Crippen molar-refractivity contribution in [2.24, 2.45) is 5.92 Å². The fourth-order valence-electron chi connectivity index (χ4n) is 6.15. The number of aryl methyl sites for hydroxylation is 1. The molecular weight excluding hydrogens is 424 g/mol. The zero-order valence-corrected chi connectivity index (χ0v) is 22.3. The summed E-state index contributed by atoms with van der Waals surface area (Å²) in [6.07, 6.45) is 16.9. The molecule has 35 heavy (non-hydrogen) atoms. The van der Waals surface area contributed by atoms with Crippen molar-refractivity contribution >= 4 is 5.57 Å². The third kappa shape index (κ3) is 6.88. The molecule has 0 bridgehead atoms. The molecular formula is C33H46N2. The van der Waals surface area contributed by atoms with Gasteiger partial charge >= 0.3 is 0 Å². The van der Waals surface area contributed by atoms with Crippen molar-refractivity contribution < 1.29 is 0 Å². The number of likely N-dealkylation sites (tertiary alicyclic amines) is 1. The lowest BCUT2D eigenvalue weighted by molar-refractivity contribution is 0.226. The summed E-state index contributed by atoms with van der Waals surface area (Å²) in [6.45, 7) is 20.6. The van der Waals surface area contributed by atoms with E-state index in [1.165, 1.54) is 73.9 Å². The molecule has 1 aromatic rings. The zero-order valence-electron chi connectivity index (χ0n) is 22.3. The average Bonchev–Trinajstić information content (AvgIpc) is 2.85. The number of nitrogens with zero attached hydrogens (tertiary/aromatic N) is 1. The summed E-state index contributed by atoms with van der Waals surface area (Å²) in [5.41, 5.74) is 11.0. The minimum atomic E-state index is 0.535. The second-order valence-electron chi connectivity index (χ2n) is 11.2. The smallest absolute Gasteiger partial charge is 0.0196 e. The van der Waals surface area contributed by atoms with E-state index in [1.807, 2.05) is 0 Å². The van der Waals surface area contributed by atoms with Crippen molar-refractivity contribution in [1.82, 2.24) is 10.2 Å². The Bertz CT molecular complexity index is 1000. The number of rotatable bonds is 9. The topological polar surface area (TPSA) is 15.3 Å². The lowest BCUT2D eigenvalue weighted by Crippen LogP contribution is -2.34. The monoisotopic (exact) mass is 470 g/mol. The molecule has 2 aliphatic heterocycles. The molecule has 2 heterocycles. The maximum absolute atomic E-state index is 4.27. The van der Waals surface area contributed by atoms with Crippen molar-refractivity contribution in [3.63, 3.8) is 0 Å². The van der Waals surface area contributed by atoms with Gasteiger partial charge in [-0.2, -0.15) is 0 Å². The lowest BCUT2D eigenvalue weighted by Gasteiger charge is -2.33. The van der Waals surface area contributed by atoms with Crippen LogP contribution in [0.5, 0.6) is 0 Å². The molecule has 0 spiro atoms. The molecule has 2 saturated heterocycles. The van der Waals surface area contributed by atoms with Crippen LogP contribution in [0.25, 0.3) is 5.57 Å². The van der Waals surface area contributed by atoms with Crippen molar-refractivity contribution in [1.29, 1.82) is 0 Å². The minimum absolute atomic E-state index is 0.535. The van der Waals surface area contributed by atoms with Gasteiger partial charge in [0.25, 0.3) is 0 Å². The van der Waals surface area contributed by atoms with E-state index in [4.69, 9.17) is 0 Å². The quantitative estimate of drug-likeness (QED) is 0.390. The Morgan fingerprint density at radius 2 is 1.74 bits per heavy atom. The Morgan fingerprint density at radius 1 is 1.00 bits per heavy atom. The first kappa shape index (κ1) is 25.8.